The van der Waals surface area contributed by atoms with Gasteiger partial charge in [0, 0.05) is 24.3 Å². The van der Waals surface area contributed by atoms with E-state index in [1.165, 1.54) is 0 Å². The summed E-state index contributed by atoms with van der Waals surface area (Å²) in [7, 11) is 1.79. The molecule has 0 atom stereocenters. The van der Waals surface area contributed by atoms with Gasteiger partial charge in [-0.25, -0.2) is 0 Å². The Morgan fingerprint density at radius 2 is 2.00 bits per heavy atom. The van der Waals surface area contributed by atoms with Crippen LogP contribution in [0.4, 0.5) is 11.4 Å². The predicted octanol–water partition coefficient (Wildman–Crippen LogP) is 3.73. The first-order valence-electron chi connectivity index (χ1n) is 9.33. The van der Waals surface area contributed by atoms with Crippen LogP contribution in [0.15, 0.2) is 48.8 Å². The first kappa shape index (κ1) is 18.0. The molecule has 1 amide bonds. The summed E-state index contributed by atoms with van der Waals surface area (Å²) in [6, 6.07) is 13.8. The topological polar surface area (TPSA) is 72.3 Å². The Morgan fingerprint density at radius 3 is 2.82 bits per heavy atom. The van der Waals surface area contributed by atoms with Crippen LogP contribution in [-0.2, 0) is 0 Å². The lowest BCUT2D eigenvalue weighted by molar-refractivity contribution is 0.0797. The third-order valence-corrected chi connectivity index (χ3v) is 4.80. The summed E-state index contributed by atoms with van der Waals surface area (Å²) < 4.78 is 7.80. The molecular weight excluding hydrogens is 354 g/mol. The molecule has 4 rings (SSSR count). The molecule has 3 aromatic rings. The molecule has 0 radical (unpaired) electrons. The van der Waals surface area contributed by atoms with Crippen molar-refractivity contribution in [1.29, 1.82) is 0 Å². The fourth-order valence-corrected chi connectivity index (χ4v) is 3.28. The highest BCUT2D eigenvalue weighted by atomic mass is 16.5. The van der Waals surface area contributed by atoms with Gasteiger partial charge in [0.05, 0.1) is 12.2 Å². The van der Waals surface area contributed by atoms with Gasteiger partial charge in [0.2, 0.25) is 0 Å². The van der Waals surface area contributed by atoms with Crippen LogP contribution in [0.5, 0.6) is 5.75 Å². The fraction of sp³-hybridized carbons (Fsp3) is 0.286. The minimum absolute atomic E-state index is 0.0497. The number of hydrogen-bond acceptors (Lipinski definition) is 5. The third-order valence-electron chi connectivity index (χ3n) is 4.80. The van der Waals surface area contributed by atoms with Crippen LogP contribution in [0.25, 0.3) is 11.4 Å². The Bertz CT molecular complexity index is 1010. The molecule has 0 bridgehead atoms. The summed E-state index contributed by atoms with van der Waals surface area (Å²) in [5, 5.41) is 11.7. The number of carbonyl (C=O) groups is 1. The van der Waals surface area contributed by atoms with Crippen molar-refractivity contribution in [3.05, 3.63) is 54.4 Å². The Kier molecular flexibility index (Phi) is 4.73. The normalized spacial score (nSPS) is 13.9. The number of fused-ring (bicyclic) bond motifs is 1. The molecule has 1 aromatic heterocycles. The summed E-state index contributed by atoms with van der Waals surface area (Å²) in [5.74, 6) is 1.37. The summed E-state index contributed by atoms with van der Waals surface area (Å²) in [4.78, 5) is 14.5. The predicted molar refractivity (Wildman–Crippen MR) is 108 cm³/mol. The van der Waals surface area contributed by atoms with Crippen molar-refractivity contribution in [3.8, 4) is 17.1 Å². The van der Waals surface area contributed by atoms with Crippen molar-refractivity contribution in [3.63, 3.8) is 0 Å². The number of anilines is 2. The van der Waals surface area contributed by atoms with Crippen LogP contribution < -0.4 is 10.1 Å². The molecule has 1 aliphatic heterocycles. The van der Waals surface area contributed by atoms with Gasteiger partial charge in [0.1, 0.15) is 24.2 Å². The Morgan fingerprint density at radius 1 is 1.18 bits per heavy atom. The van der Waals surface area contributed by atoms with Crippen molar-refractivity contribution in [2.75, 3.05) is 25.5 Å². The Balaban J connectivity index is 1.70. The number of hydrogen-bond donors (Lipinski definition) is 1. The summed E-state index contributed by atoms with van der Waals surface area (Å²) in [5.41, 5.74) is 3.10. The second-order valence-corrected chi connectivity index (χ2v) is 7.12. The van der Waals surface area contributed by atoms with Crippen LogP contribution in [0.1, 0.15) is 30.2 Å². The lowest BCUT2D eigenvalue weighted by atomic mass is 10.1. The second-order valence-electron chi connectivity index (χ2n) is 7.12. The van der Waals surface area contributed by atoms with Crippen molar-refractivity contribution in [2.24, 2.45) is 0 Å². The number of carbonyl (C=O) groups excluding carboxylic acids is 1. The maximum absolute atomic E-state index is 12.8. The molecular formula is C21H23N5O2. The number of ether oxygens (including phenoxy) is 1. The van der Waals surface area contributed by atoms with E-state index >= 15 is 0 Å². The molecule has 1 N–H and O–H groups in total. The van der Waals surface area contributed by atoms with E-state index < -0.39 is 0 Å². The zero-order valence-electron chi connectivity index (χ0n) is 16.2. The molecule has 0 saturated carbocycles. The van der Waals surface area contributed by atoms with Gasteiger partial charge in [-0.1, -0.05) is 18.2 Å². The number of aromatic nitrogens is 3. The smallest absolute Gasteiger partial charge is 0.259 e. The fourth-order valence-electron chi connectivity index (χ4n) is 3.28. The van der Waals surface area contributed by atoms with Crippen LogP contribution in [0, 0.1) is 0 Å². The van der Waals surface area contributed by atoms with Gasteiger partial charge >= 0.3 is 0 Å². The quantitative estimate of drug-likeness (QED) is 0.750. The van der Waals surface area contributed by atoms with Crippen LogP contribution in [-0.4, -0.2) is 45.8 Å². The van der Waals surface area contributed by atoms with Crippen molar-refractivity contribution in [2.45, 2.75) is 19.9 Å². The highest BCUT2D eigenvalue weighted by molar-refractivity contribution is 6.03. The first-order valence-corrected chi connectivity index (χ1v) is 9.33. The molecule has 0 fully saturated rings. The highest BCUT2D eigenvalue weighted by Gasteiger charge is 2.24. The molecule has 1 aliphatic rings. The first-order chi connectivity index (χ1) is 13.5. The maximum atomic E-state index is 12.8. The Hall–Kier alpha value is -3.35. The number of amides is 1. The molecule has 0 unspecified atom stereocenters. The van der Waals surface area contributed by atoms with E-state index in [9.17, 15) is 4.79 Å². The van der Waals surface area contributed by atoms with Gasteiger partial charge in [-0.3, -0.25) is 4.79 Å². The van der Waals surface area contributed by atoms with E-state index in [0.29, 0.717) is 24.5 Å². The number of likely N-dealkylation sites (N-methyl/N-ethyl adjacent to an activating group) is 1. The lowest BCUT2D eigenvalue weighted by Gasteiger charge is -2.17. The molecule has 0 saturated heterocycles. The third kappa shape index (κ3) is 3.31. The molecule has 7 nitrogen and oxygen atoms in total. The van der Waals surface area contributed by atoms with E-state index in [1.54, 1.807) is 18.3 Å². The minimum atomic E-state index is -0.0497. The molecule has 0 spiro atoms. The number of rotatable bonds is 4. The molecule has 144 valence electrons. The average molecular weight is 377 g/mol. The molecule has 7 heteroatoms. The zero-order chi connectivity index (χ0) is 19.7. The summed E-state index contributed by atoms with van der Waals surface area (Å²) in [6.07, 6.45) is 1.74. The van der Waals surface area contributed by atoms with E-state index in [4.69, 9.17) is 4.74 Å². The standard InChI is InChI=1S/C21H23N5O2/c1-14(2)26-13-22-24-20(26)15-6-4-7-16(12-15)23-17-8-5-9-18-19(17)21(27)25(3)10-11-28-18/h4-9,12-14,23H,10-11H2,1-3H3. The van der Waals surface area contributed by atoms with Gasteiger partial charge in [-0.05, 0) is 38.1 Å². The molecule has 2 heterocycles. The van der Waals surface area contributed by atoms with Crippen LogP contribution in [0.3, 0.4) is 0 Å². The summed E-state index contributed by atoms with van der Waals surface area (Å²) >= 11 is 0. The summed E-state index contributed by atoms with van der Waals surface area (Å²) in [6.45, 7) is 5.24. The van der Waals surface area contributed by atoms with Crippen molar-refractivity contribution in [1.82, 2.24) is 19.7 Å². The van der Waals surface area contributed by atoms with E-state index in [1.807, 2.05) is 47.0 Å². The van der Waals surface area contributed by atoms with E-state index in [0.717, 1.165) is 22.8 Å². The van der Waals surface area contributed by atoms with Crippen LogP contribution in [0.2, 0.25) is 0 Å². The van der Waals surface area contributed by atoms with Gasteiger partial charge < -0.3 is 19.5 Å². The Labute approximate surface area is 164 Å². The minimum Gasteiger partial charge on any atom is -0.491 e. The van der Waals surface area contributed by atoms with Gasteiger partial charge in [0.25, 0.3) is 5.91 Å². The largest absolute Gasteiger partial charge is 0.491 e. The zero-order valence-corrected chi connectivity index (χ0v) is 16.2. The maximum Gasteiger partial charge on any atom is 0.259 e. The van der Waals surface area contributed by atoms with Gasteiger partial charge in [-0.2, -0.15) is 0 Å². The SMILES string of the molecule is CC(C)n1cnnc1-c1cccc(Nc2cccc3c2C(=O)N(C)CCO3)c1. The molecule has 2 aromatic carbocycles. The lowest BCUT2D eigenvalue weighted by Crippen LogP contribution is -2.28. The number of benzene rings is 2. The average Bonchev–Trinajstić information content (AvgIpc) is 3.13. The monoisotopic (exact) mass is 377 g/mol. The second kappa shape index (κ2) is 7.34. The van der Waals surface area contributed by atoms with E-state index in [2.05, 4.69) is 29.4 Å². The van der Waals surface area contributed by atoms with Gasteiger partial charge in [0.15, 0.2) is 5.82 Å². The van der Waals surface area contributed by atoms with Crippen molar-refractivity contribution >= 4 is 17.3 Å². The number of nitrogens with one attached hydrogen (secondary N) is 1. The highest BCUT2D eigenvalue weighted by Crippen LogP contribution is 2.32. The molecule has 28 heavy (non-hydrogen) atoms. The van der Waals surface area contributed by atoms with Crippen LogP contribution >= 0.6 is 0 Å². The van der Waals surface area contributed by atoms with Crippen molar-refractivity contribution < 1.29 is 9.53 Å². The van der Waals surface area contributed by atoms with E-state index in [-0.39, 0.29) is 11.9 Å². The van der Waals surface area contributed by atoms with Gasteiger partial charge in [-0.15, -0.1) is 10.2 Å². The number of nitrogens with zero attached hydrogens (tertiary/aromatic N) is 4. The molecule has 0 aliphatic carbocycles.